The lowest BCUT2D eigenvalue weighted by molar-refractivity contribution is -0.0980. The summed E-state index contributed by atoms with van der Waals surface area (Å²) in [7, 11) is 0. The van der Waals surface area contributed by atoms with Gasteiger partial charge in [-0.3, -0.25) is 4.90 Å². The van der Waals surface area contributed by atoms with Crippen molar-refractivity contribution < 1.29 is 14.3 Å². The van der Waals surface area contributed by atoms with Gasteiger partial charge in [0, 0.05) is 12.2 Å². The molecular weight excluding hydrogens is 230 g/mol. The molecule has 0 fully saturated rings. The molecular formula is C14H21NO3. The number of ether oxygens (including phenoxy) is 1. The normalized spacial score (nSPS) is 18.1. The highest BCUT2D eigenvalue weighted by atomic mass is 16.6. The van der Waals surface area contributed by atoms with Crippen molar-refractivity contribution in [3.05, 3.63) is 23.4 Å². The van der Waals surface area contributed by atoms with Gasteiger partial charge in [0.05, 0.1) is 0 Å². The van der Waals surface area contributed by atoms with Crippen molar-refractivity contribution in [2.24, 2.45) is 0 Å². The number of carbonyl (C=O) groups excluding carboxylic acids is 2. The lowest BCUT2D eigenvalue weighted by atomic mass is 10.0. The molecule has 4 heteroatoms. The van der Waals surface area contributed by atoms with Gasteiger partial charge in [-0.05, 0) is 51.7 Å². The fraction of sp³-hybridized carbons (Fsp3) is 0.571. The molecule has 1 heterocycles. The molecule has 0 unspecified atom stereocenters. The summed E-state index contributed by atoms with van der Waals surface area (Å²) in [6, 6.07) is 0. The van der Waals surface area contributed by atoms with Crippen molar-refractivity contribution in [3.63, 3.8) is 0 Å². The largest absolute Gasteiger partial charge is 0.443 e. The number of amides is 1. The van der Waals surface area contributed by atoms with Crippen LogP contribution in [0.4, 0.5) is 4.79 Å². The van der Waals surface area contributed by atoms with Crippen LogP contribution in [-0.4, -0.2) is 29.9 Å². The van der Waals surface area contributed by atoms with Crippen LogP contribution in [0.3, 0.4) is 0 Å². The lowest BCUT2D eigenvalue weighted by Gasteiger charge is -2.25. The molecule has 0 aromatic rings. The zero-order valence-electron chi connectivity index (χ0n) is 11.4. The molecule has 0 saturated heterocycles. The van der Waals surface area contributed by atoms with E-state index in [0.717, 1.165) is 31.5 Å². The highest BCUT2D eigenvalue weighted by Crippen LogP contribution is 2.31. The summed E-state index contributed by atoms with van der Waals surface area (Å²) in [5.74, 6) is 0. The number of hydrogen-bond acceptors (Lipinski definition) is 3. The Hall–Kier alpha value is -1.58. The average molecular weight is 251 g/mol. The van der Waals surface area contributed by atoms with Gasteiger partial charge in [-0.15, -0.1) is 0 Å². The van der Waals surface area contributed by atoms with Gasteiger partial charge in [0.15, 0.2) is 0 Å². The van der Waals surface area contributed by atoms with Gasteiger partial charge in [-0.1, -0.05) is 6.08 Å². The predicted octanol–water partition coefficient (Wildman–Crippen LogP) is 3.05. The monoisotopic (exact) mass is 251 g/mol. The SMILES string of the molecule is C=O.CC(C)(C)OC(=O)N1CCC2=C1C=CCC2. The predicted molar refractivity (Wildman–Crippen MR) is 70.1 cm³/mol. The van der Waals surface area contributed by atoms with Crippen molar-refractivity contribution in [1.82, 2.24) is 4.90 Å². The van der Waals surface area contributed by atoms with Gasteiger partial charge >= 0.3 is 6.09 Å². The minimum atomic E-state index is -0.418. The van der Waals surface area contributed by atoms with E-state index in [0.29, 0.717) is 0 Å². The molecule has 0 radical (unpaired) electrons. The summed E-state index contributed by atoms with van der Waals surface area (Å²) in [6.07, 6.45) is 7.14. The summed E-state index contributed by atoms with van der Waals surface area (Å²) in [5, 5.41) is 0. The second kappa shape index (κ2) is 5.85. The van der Waals surface area contributed by atoms with Gasteiger partial charge in [0.25, 0.3) is 0 Å². The molecule has 2 aliphatic rings. The quantitative estimate of drug-likeness (QED) is 0.664. The summed E-state index contributed by atoms with van der Waals surface area (Å²) >= 11 is 0. The van der Waals surface area contributed by atoms with Crippen LogP contribution in [0.2, 0.25) is 0 Å². The molecule has 0 N–H and O–H groups in total. The second-order valence-electron chi connectivity index (χ2n) is 5.31. The van der Waals surface area contributed by atoms with E-state index in [2.05, 4.69) is 12.2 Å². The van der Waals surface area contributed by atoms with Gasteiger partial charge in [-0.2, -0.15) is 0 Å². The highest BCUT2D eigenvalue weighted by molar-refractivity contribution is 5.72. The molecule has 0 bridgehead atoms. The fourth-order valence-electron chi connectivity index (χ4n) is 2.11. The van der Waals surface area contributed by atoms with Crippen LogP contribution in [0.5, 0.6) is 0 Å². The number of allylic oxidation sites excluding steroid dienone is 2. The van der Waals surface area contributed by atoms with E-state index in [9.17, 15) is 4.79 Å². The minimum Gasteiger partial charge on any atom is -0.443 e. The first-order chi connectivity index (χ1) is 8.47. The Morgan fingerprint density at radius 3 is 2.61 bits per heavy atom. The number of hydrogen-bond donors (Lipinski definition) is 0. The fourth-order valence-corrected chi connectivity index (χ4v) is 2.11. The molecule has 1 aliphatic heterocycles. The maximum atomic E-state index is 12.0. The Bertz CT molecular complexity index is 377. The van der Waals surface area contributed by atoms with Crippen molar-refractivity contribution in [2.45, 2.75) is 45.6 Å². The Balaban J connectivity index is 0.000000771. The Morgan fingerprint density at radius 2 is 2.00 bits per heavy atom. The smallest absolute Gasteiger partial charge is 0.414 e. The minimum absolute atomic E-state index is 0.218. The van der Waals surface area contributed by atoms with E-state index >= 15 is 0 Å². The van der Waals surface area contributed by atoms with Crippen molar-refractivity contribution in [3.8, 4) is 0 Å². The Kier molecular flexibility index (Phi) is 4.70. The zero-order chi connectivity index (χ0) is 13.8. The first kappa shape index (κ1) is 14.5. The van der Waals surface area contributed by atoms with E-state index in [1.807, 2.05) is 27.6 Å². The van der Waals surface area contributed by atoms with Crippen LogP contribution >= 0.6 is 0 Å². The van der Waals surface area contributed by atoms with Gasteiger partial charge in [0.1, 0.15) is 12.4 Å². The maximum absolute atomic E-state index is 12.0. The van der Waals surface area contributed by atoms with Crippen molar-refractivity contribution >= 4 is 12.9 Å². The zero-order valence-corrected chi connectivity index (χ0v) is 11.4. The Labute approximate surface area is 108 Å². The molecule has 2 rings (SSSR count). The van der Waals surface area contributed by atoms with Crippen LogP contribution in [0, 0.1) is 0 Å². The summed E-state index contributed by atoms with van der Waals surface area (Å²) in [4.78, 5) is 21.7. The molecule has 1 aliphatic carbocycles. The molecule has 4 nitrogen and oxygen atoms in total. The van der Waals surface area contributed by atoms with E-state index in [-0.39, 0.29) is 6.09 Å². The van der Waals surface area contributed by atoms with Crippen molar-refractivity contribution in [1.29, 1.82) is 0 Å². The van der Waals surface area contributed by atoms with E-state index in [1.165, 1.54) is 5.57 Å². The van der Waals surface area contributed by atoms with Gasteiger partial charge in [-0.25, -0.2) is 4.79 Å². The first-order valence-corrected chi connectivity index (χ1v) is 6.15. The van der Waals surface area contributed by atoms with Crippen molar-refractivity contribution in [2.75, 3.05) is 6.54 Å². The summed E-state index contributed by atoms with van der Waals surface area (Å²) < 4.78 is 5.39. The van der Waals surface area contributed by atoms with Crippen LogP contribution in [0.1, 0.15) is 40.0 Å². The third-order valence-electron chi connectivity index (χ3n) is 2.79. The van der Waals surface area contributed by atoms with Crippen LogP contribution < -0.4 is 0 Å². The third-order valence-corrected chi connectivity index (χ3v) is 2.79. The molecule has 1 amide bonds. The molecule has 0 aromatic heterocycles. The van der Waals surface area contributed by atoms with Gasteiger partial charge in [0.2, 0.25) is 0 Å². The number of carbonyl (C=O) groups is 2. The van der Waals surface area contributed by atoms with Crippen LogP contribution in [0.25, 0.3) is 0 Å². The standard InChI is InChI=1S/C13H19NO2.CH2O/c1-13(2,3)16-12(15)14-9-8-10-6-4-5-7-11(10)14;1-2/h5,7H,4,6,8-9H2,1-3H3;1H2. The molecule has 0 spiro atoms. The average Bonchev–Trinajstić information content (AvgIpc) is 2.73. The lowest BCUT2D eigenvalue weighted by Crippen LogP contribution is -2.34. The number of nitrogens with zero attached hydrogens (tertiary/aromatic N) is 1. The van der Waals surface area contributed by atoms with E-state index in [4.69, 9.17) is 9.53 Å². The van der Waals surface area contributed by atoms with Gasteiger partial charge < -0.3 is 9.53 Å². The van der Waals surface area contributed by atoms with E-state index < -0.39 is 5.60 Å². The highest BCUT2D eigenvalue weighted by Gasteiger charge is 2.30. The number of rotatable bonds is 0. The first-order valence-electron chi connectivity index (χ1n) is 6.15. The molecule has 100 valence electrons. The summed E-state index contributed by atoms with van der Waals surface area (Å²) in [5.41, 5.74) is 2.05. The van der Waals surface area contributed by atoms with E-state index in [1.54, 1.807) is 4.90 Å². The molecule has 0 aromatic carbocycles. The topological polar surface area (TPSA) is 46.6 Å². The van der Waals surface area contributed by atoms with Crippen LogP contribution in [-0.2, 0) is 9.53 Å². The summed E-state index contributed by atoms with van der Waals surface area (Å²) in [6.45, 7) is 8.46. The van der Waals surface area contributed by atoms with Crippen LogP contribution in [0.15, 0.2) is 23.4 Å². The molecule has 0 atom stereocenters. The molecule has 18 heavy (non-hydrogen) atoms. The molecule has 0 saturated carbocycles. The Morgan fingerprint density at radius 1 is 1.33 bits per heavy atom. The maximum Gasteiger partial charge on any atom is 0.414 e. The third kappa shape index (κ3) is 3.45. The second-order valence-corrected chi connectivity index (χ2v) is 5.31.